The second kappa shape index (κ2) is 9.59. The largest absolute Gasteiger partial charge is 0.481 e. The molecule has 1 N–H and O–H groups in total. The highest BCUT2D eigenvalue weighted by atomic mass is 19.1. The summed E-state index contributed by atoms with van der Waals surface area (Å²) < 4.78 is 17.1. The quantitative estimate of drug-likeness (QED) is 0.333. The number of hydrogen-bond donors (Lipinski definition) is 1. The van der Waals surface area contributed by atoms with Gasteiger partial charge in [-0.25, -0.2) is 14.4 Å². The first-order valence-corrected chi connectivity index (χ1v) is 13.6. The minimum absolute atomic E-state index is 0.0585. The van der Waals surface area contributed by atoms with E-state index in [0.717, 1.165) is 30.4 Å². The summed E-state index contributed by atoms with van der Waals surface area (Å²) in [6.07, 6.45) is 3.20. The van der Waals surface area contributed by atoms with Crippen molar-refractivity contribution < 1.29 is 19.1 Å². The summed E-state index contributed by atoms with van der Waals surface area (Å²) in [5, 5.41) is 9.48. The molecule has 2 atom stereocenters. The van der Waals surface area contributed by atoms with E-state index < -0.39 is 17.7 Å². The first kappa shape index (κ1) is 25.2. The molecule has 2 aromatic heterocycles. The van der Waals surface area contributed by atoms with Gasteiger partial charge in [0, 0.05) is 13.6 Å². The molecule has 0 saturated heterocycles. The van der Waals surface area contributed by atoms with E-state index in [1.165, 1.54) is 11.6 Å². The second-order valence-electron chi connectivity index (χ2n) is 10.7. The Bertz CT molecular complexity index is 1620. The number of pyridine rings is 1. The Kier molecular flexibility index (Phi) is 6.20. The van der Waals surface area contributed by atoms with Crippen LogP contribution in [0.25, 0.3) is 22.6 Å². The molecule has 1 aliphatic carbocycles. The maximum Gasteiger partial charge on any atom is 0.310 e. The van der Waals surface area contributed by atoms with Gasteiger partial charge in [0.25, 0.3) is 5.91 Å². The minimum atomic E-state index is -0.977. The Balaban J connectivity index is 1.41. The van der Waals surface area contributed by atoms with Gasteiger partial charge in [0.2, 0.25) is 0 Å². The number of carboxylic acids is 1. The van der Waals surface area contributed by atoms with Crippen LogP contribution in [-0.4, -0.2) is 43.0 Å². The topological polar surface area (TPSA) is 88.3 Å². The van der Waals surface area contributed by atoms with Gasteiger partial charge in [-0.15, -0.1) is 0 Å². The molecule has 6 rings (SSSR count). The monoisotopic (exact) mass is 526 g/mol. The molecule has 8 heteroatoms. The maximum absolute atomic E-state index is 15.4. The third kappa shape index (κ3) is 4.28. The number of carbonyl (C=O) groups excluding carboxylic acids is 1. The van der Waals surface area contributed by atoms with Crippen LogP contribution in [0.5, 0.6) is 0 Å². The van der Waals surface area contributed by atoms with E-state index in [-0.39, 0.29) is 17.5 Å². The van der Waals surface area contributed by atoms with E-state index in [2.05, 4.69) is 19.1 Å². The van der Waals surface area contributed by atoms with E-state index in [0.29, 0.717) is 47.1 Å². The molecule has 0 bridgehead atoms. The summed E-state index contributed by atoms with van der Waals surface area (Å²) in [4.78, 5) is 36.9. The van der Waals surface area contributed by atoms with Crippen LogP contribution in [0, 0.1) is 5.82 Å². The molecule has 200 valence electrons. The molecule has 1 fully saturated rings. The van der Waals surface area contributed by atoms with Gasteiger partial charge in [-0.1, -0.05) is 37.3 Å². The third-order valence-electron chi connectivity index (χ3n) is 8.29. The third-order valence-corrected chi connectivity index (χ3v) is 8.29. The summed E-state index contributed by atoms with van der Waals surface area (Å²) in [5.74, 6) is -1.69. The number of halogens is 1. The van der Waals surface area contributed by atoms with Gasteiger partial charge in [-0.2, -0.15) is 0 Å². The van der Waals surface area contributed by atoms with Gasteiger partial charge in [0.05, 0.1) is 17.5 Å². The average molecular weight is 527 g/mol. The fraction of sp³-hybridized carbons (Fsp3) is 0.355. The van der Waals surface area contributed by atoms with Crippen molar-refractivity contribution in [2.24, 2.45) is 7.05 Å². The highest BCUT2D eigenvalue weighted by Crippen LogP contribution is 2.44. The van der Waals surface area contributed by atoms with Gasteiger partial charge in [0.15, 0.2) is 5.65 Å². The smallest absolute Gasteiger partial charge is 0.310 e. The lowest BCUT2D eigenvalue weighted by Crippen LogP contribution is -2.39. The zero-order chi connectivity index (χ0) is 27.4. The number of benzene rings is 2. The molecule has 1 unspecified atom stereocenters. The van der Waals surface area contributed by atoms with Crippen LogP contribution in [0.2, 0.25) is 0 Å². The number of imidazole rings is 1. The van der Waals surface area contributed by atoms with Crippen LogP contribution < -0.4 is 0 Å². The predicted molar refractivity (Wildman–Crippen MR) is 146 cm³/mol. The molecule has 2 aromatic carbocycles. The van der Waals surface area contributed by atoms with E-state index >= 15 is 4.39 Å². The molecule has 7 nitrogen and oxygen atoms in total. The van der Waals surface area contributed by atoms with E-state index in [4.69, 9.17) is 9.97 Å². The van der Waals surface area contributed by atoms with Crippen LogP contribution in [0.4, 0.5) is 4.39 Å². The van der Waals surface area contributed by atoms with Crippen LogP contribution in [0.3, 0.4) is 0 Å². The zero-order valence-corrected chi connectivity index (χ0v) is 22.3. The highest BCUT2D eigenvalue weighted by Gasteiger charge is 2.33. The SMILES string of the molecule is CC[C@H](C(=O)O)c1ccc(-c2nc3c(C4CC4)cc(C(=O)N4CCc5ccccc5C4C)nc3n2C)c(F)c1. The number of fused-ring (bicyclic) bond motifs is 2. The Morgan fingerprint density at radius 3 is 2.56 bits per heavy atom. The van der Waals surface area contributed by atoms with Crippen LogP contribution in [0.1, 0.15) is 83.7 Å². The van der Waals surface area contributed by atoms with Crippen molar-refractivity contribution in [2.75, 3.05) is 6.54 Å². The first-order chi connectivity index (χ1) is 18.8. The van der Waals surface area contributed by atoms with Crippen molar-refractivity contribution in [2.45, 2.75) is 57.4 Å². The Hall–Kier alpha value is -4.07. The Labute approximate surface area is 226 Å². The van der Waals surface area contributed by atoms with Crippen LogP contribution in [-0.2, 0) is 18.3 Å². The lowest BCUT2D eigenvalue weighted by atomic mass is 9.93. The molecular weight excluding hydrogens is 495 g/mol. The molecule has 3 heterocycles. The van der Waals surface area contributed by atoms with Crippen molar-refractivity contribution in [3.05, 3.63) is 82.3 Å². The molecular formula is C31H31FN4O3. The number of carbonyl (C=O) groups is 2. The summed E-state index contributed by atoms with van der Waals surface area (Å²) in [7, 11) is 1.78. The number of nitrogens with zero attached hydrogens (tertiary/aromatic N) is 4. The van der Waals surface area contributed by atoms with Gasteiger partial charge >= 0.3 is 5.97 Å². The fourth-order valence-corrected chi connectivity index (χ4v) is 5.91. The molecule has 1 amide bonds. The summed E-state index contributed by atoms with van der Waals surface area (Å²) in [6.45, 7) is 4.44. The van der Waals surface area contributed by atoms with Crippen molar-refractivity contribution in [3.63, 3.8) is 0 Å². The van der Waals surface area contributed by atoms with Crippen molar-refractivity contribution >= 4 is 23.0 Å². The Morgan fingerprint density at radius 1 is 1.10 bits per heavy atom. The lowest BCUT2D eigenvalue weighted by Gasteiger charge is -2.35. The number of aryl methyl sites for hydroxylation is 1. The standard InChI is InChI=1S/C31H31FN4O3/c1-4-21(31(38)39)20-11-12-23(25(32)15-20)28-34-27-24(19-9-10-19)16-26(33-29(27)35(28)3)30(37)36-14-13-18-7-5-6-8-22(18)17(36)2/h5-8,11-12,15-17,19,21H,4,9-10,13-14H2,1-3H3,(H,38,39)/t17?,21-/m0/s1. The fourth-order valence-electron chi connectivity index (χ4n) is 5.91. The number of carboxylic acid groups (broad SMARTS) is 1. The number of hydrogen-bond acceptors (Lipinski definition) is 4. The average Bonchev–Trinajstić information content (AvgIpc) is 3.72. The summed E-state index contributed by atoms with van der Waals surface area (Å²) in [5.41, 5.74) is 5.72. The van der Waals surface area contributed by atoms with Crippen LogP contribution >= 0.6 is 0 Å². The minimum Gasteiger partial charge on any atom is -0.481 e. The van der Waals surface area contributed by atoms with Gasteiger partial charge in [0.1, 0.15) is 22.9 Å². The molecule has 1 aliphatic heterocycles. The van der Waals surface area contributed by atoms with Crippen molar-refractivity contribution in [1.29, 1.82) is 0 Å². The van der Waals surface area contributed by atoms with Gasteiger partial charge in [-0.3, -0.25) is 9.59 Å². The number of aromatic nitrogens is 3. The summed E-state index contributed by atoms with van der Waals surface area (Å²) >= 11 is 0. The second-order valence-corrected chi connectivity index (χ2v) is 10.7. The molecule has 2 aliphatic rings. The molecule has 1 saturated carbocycles. The maximum atomic E-state index is 15.4. The van der Waals surface area contributed by atoms with Crippen molar-refractivity contribution in [1.82, 2.24) is 19.4 Å². The van der Waals surface area contributed by atoms with Crippen molar-refractivity contribution in [3.8, 4) is 11.4 Å². The highest BCUT2D eigenvalue weighted by molar-refractivity contribution is 5.96. The Morgan fingerprint density at radius 2 is 1.87 bits per heavy atom. The molecule has 4 aromatic rings. The van der Waals surface area contributed by atoms with E-state index in [1.807, 2.05) is 23.1 Å². The van der Waals surface area contributed by atoms with Crippen LogP contribution in [0.15, 0.2) is 48.5 Å². The van der Waals surface area contributed by atoms with E-state index in [1.54, 1.807) is 30.7 Å². The first-order valence-electron chi connectivity index (χ1n) is 13.6. The molecule has 39 heavy (non-hydrogen) atoms. The normalized spacial score (nSPS) is 17.7. The summed E-state index contributed by atoms with van der Waals surface area (Å²) in [6, 6.07) is 14.6. The van der Waals surface area contributed by atoms with E-state index in [9.17, 15) is 14.7 Å². The molecule has 0 radical (unpaired) electrons. The molecule has 0 spiro atoms. The number of aliphatic carboxylic acids is 1. The lowest BCUT2D eigenvalue weighted by molar-refractivity contribution is -0.138. The zero-order valence-electron chi connectivity index (χ0n) is 22.3. The van der Waals surface area contributed by atoms with Gasteiger partial charge < -0.3 is 14.6 Å². The number of rotatable bonds is 6. The van der Waals surface area contributed by atoms with Gasteiger partial charge in [-0.05, 0) is 79.0 Å². The predicted octanol–water partition coefficient (Wildman–Crippen LogP) is 5.99. The number of amides is 1.